The Morgan fingerprint density at radius 3 is 2.75 bits per heavy atom. The van der Waals surface area contributed by atoms with Crippen LogP contribution in [0.2, 0.25) is 0 Å². The van der Waals surface area contributed by atoms with Gasteiger partial charge in [-0.15, -0.1) is 0 Å². The van der Waals surface area contributed by atoms with E-state index < -0.39 is 17.7 Å². The van der Waals surface area contributed by atoms with E-state index in [1.165, 1.54) is 23.2 Å². The van der Waals surface area contributed by atoms with E-state index in [9.17, 15) is 18.4 Å². The zero-order valence-electron chi connectivity index (χ0n) is 14.8. The predicted octanol–water partition coefficient (Wildman–Crippen LogP) is 2.66. The molecule has 0 aliphatic carbocycles. The number of pyridine rings is 1. The summed E-state index contributed by atoms with van der Waals surface area (Å²) < 4.78 is 32.9. The van der Waals surface area contributed by atoms with Gasteiger partial charge in [-0.2, -0.15) is 5.10 Å². The summed E-state index contributed by atoms with van der Waals surface area (Å²) in [6.45, 7) is 0.781. The molecule has 2 amide bonds. The van der Waals surface area contributed by atoms with Crippen molar-refractivity contribution in [2.24, 2.45) is 5.10 Å². The molecule has 4 rings (SSSR count). The molecule has 0 bridgehead atoms. The van der Waals surface area contributed by atoms with Gasteiger partial charge < -0.3 is 9.64 Å². The maximum absolute atomic E-state index is 13.6. The highest BCUT2D eigenvalue weighted by Crippen LogP contribution is 2.31. The fourth-order valence-electron chi connectivity index (χ4n) is 3.46. The van der Waals surface area contributed by atoms with Crippen LogP contribution in [0.1, 0.15) is 24.4 Å². The van der Waals surface area contributed by atoms with Crippen LogP contribution in [0, 0.1) is 11.6 Å². The molecule has 1 aromatic heterocycles. The molecule has 0 spiro atoms. The third-order valence-corrected chi connectivity index (χ3v) is 4.75. The molecule has 2 aliphatic rings. The van der Waals surface area contributed by atoms with Crippen molar-refractivity contribution in [3.8, 4) is 5.88 Å². The molecule has 7 nitrogen and oxygen atoms in total. The average molecular weight is 388 g/mol. The zero-order valence-corrected chi connectivity index (χ0v) is 14.8. The molecule has 1 fully saturated rings. The van der Waals surface area contributed by atoms with Crippen molar-refractivity contribution in [3.05, 3.63) is 63.9 Å². The number of nitrogens with zero attached hydrogens (tertiary/aromatic N) is 3. The van der Waals surface area contributed by atoms with Gasteiger partial charge in [-0.05, 0) is 23.8 Å². The molecule has 28 heavy (non-hydrogen) atoms. The number of H-pyrrole nitrogens is 1. The molecule has 1 aromatic carbocycles. The Morgan fingerprint density at radius 1 is 1.21 bits per heavy atom. The lowest BCUT2D eigenvalue weighted by Gasteiger charge is -2.27. The minimum absolute atomic E-state index is 0.264. The second-order valence-electron chi connectivity index (χ2n) is 6.73. The van der Waals surface area contributed by atoms with E-state index in [1.807, 2.05) is 0 Å². The van der Waals surface area contributed by atoms with Crippen LogP contribution in [-0.4, -0.2) is 46.3 Å². The van der Waals surface area contributed by atoms with Crippen LogP contribution in [0.5, 0.6) is 5.88 Å². The summed E-state index contributed by atoms with van der Waals surface area (Å²) in [5, 5.41) is 5.35. The maximum Gasteiger partial charge on any atom is 0.341 e. The number of hydrazone groups is 1. The summed E-state index contributed by atoms with van der Waals surface area (Å²) in [5.41, 5.74) is 0.0946. The molecule has 2 aromatic rings. The molecule has 9 heteroatoms. The Hall–Kier alpha value is -3.23. The van der Waals surface area contributed by atoms with E-state index in [0.717, 1.165) is 6.07 Å². The Bertz CT molecular complexity index is 957. The minimum atomic E-state index is -0.694. The lowest BCUT2D eigenvalue weighted by molar-refractivity contribution is 0.141. The van der Waals surface area contributed by atoms with E-state index in [0.29, 0.717) is 37.4 Å². The Labute approximate surface area is 159 Å². The van der Waals surface area contributed by atoms with Gasteiger partial charge in [0.1, 0.15) is 17.7 Å². The van der Waals surface area contributed by atoms with Gasteiger partial charge in [0, 0.05) is 37.7 Å². The van der Waals surface area contributed by atoms with Crippen LogP contribution >= 0.6 is 0 Å². The largest absolute Gasteiger partial charge is 0.474 e. The first kappa shape index (κ1) is 18.1. The van der Waals surface area contributed by atoms with Crippen LogP contribution in [-0.2, 0) is 0 Å². The number of urea groups is 1. The smallest absolute Gasteiger partial charge is 0.341 e. The predicted molar refractivity (Wildman–Crippen MR) is 97.1 cm³/mol. The van der Waals surface area contributed by atoms with Crippen molar-refractivity contribution in [1.29, 1.82) is 0 Å². The van der Waals surface area contributed by atoms with Crippen molar-refractivity contribution < 1.29 is 18.3 Å². The van der Waals surface area contributed by atoms with E-state index >= 15 is 0 Å². The fourth-order valence-corrected chi connectivity index (χ4v) is 3.46. The first-order valence-corrected chi connectivity index (χ1v) is 8.92. The van der Waals surface area contributed by atoms with Crippen LogP contribution in [0.3, 0.4) is 0 Å². The van der Waals surface area contributed by atoms with Crippen molar-refractivity contribution in [2.75, 3.05) is 13.1 Å². The first-order valence-electron chi connectivity index (χ1n) is 8.92. The standard InChI is InChI=1S/C19H18F2N4O3/c20-13-8-12(9-14(21)10-13)16-4-6-22-25(16)19(27)24-7-5-15(11-24)28-18-3-1-2-17(26)23-18/h1-3,6,8-10,15-16H,4-5,7,11H2,(H,23,26). The Morgan fingerprint density at radius 2 is 2.00 bits per heavy atom. The number of halogens is 2. The quantitative estimate of drug-likeness (QED) is 0.878. The monoisotopic (exact) mass is 388 g/mol. The highest BCUT2D eigenvalue weighted by atomic mass is 19.1. The first-order chi connectivity index (χ1) is 13.5. The molecule has 146 valence electrons. The maximum atomic E-state index is 13.6. The summed E-state index contributed by atoms with van der Waals surface area (Å²) >= 11 is 0. The number of amides is 2. The minimum Gasteiger partial charge on any atom is -0.474 e. The van der Waals surface area contributed by atoms with Gasteiger partial charge in [0.25, 0.3) is 5.56 Å². The van der Waals surface area contributed by atoms with Gasteiger partial charge in [-0.1, -0.05) is 6.07 Å². The number of benzene rings is 1. The van der Waals surface area contributed by atoms with Gasteiger partial charge in [0.05, 0.1) is 12.6 Å². The van der Waals surface area contributed by atoms with Gasteiger partial charge in [-0.25, -0.2) is 18.6 Å². The van der Waals surface area contributed by atoms with Gasteiger partial charge >= 0.3 is 6.03 Å². The Kier molecular flexibility index (Phi) is 4.81. The van der Waals surface area contributed by atoms with Crippen molar-refractivity contribution in [3.63, 3.8) is 0 Å². The normalized spacial score (nSPS) is 21.4. The van der Waals surface area contributed by atoms with E-state index in [1.54, 1.807) is 23.2 Å². The number of aromatic amines is 1. The van der Waals surface area contributed by atoms with Gasteiger partial charge in [-0.3, -0.25) is 9.78 Å². The molecule has 2 unspecified atom stereocenters. The zero-order chi connectivity index (χ0) is 19.7. The SMILES string of the molecule is O=C(N1CCC(Oc2cccc(=O)[nH]2)C1)N1N=CCC1c1cc(F)cc(F)c1. The number of hydrogen-bond acceptors (Lipinski definition) is 4. The highest BCUT2D eigenvalue weighted by molar-refractivity contribution is 5.78. The Balaban J connectivity index is 1.44. The number of nitrogens with one attached hydrogen (secondary N) is 1. The summed E-state index contributed by atoms with van der Waals surface area (Å²) in [7, 11) is 0. The number of carbonyl (C=O) groups excluding carboxylic acids is 1. The van der Waals surface area contributed by atoms with Gasteiger partial charge in [0.15, 0.2) is 5.88 Å². The molecule has 0 saturated carbocycles. The molecule has 2 atom stereocenters. The van der Waals surface area contributed by atoms with Gasteiger partial charge in [0.2, 0.25) is 0 Å². The lowest BCUT2D eigenvalue weighted by atomic mass is 10.0. The number of rotatable bonds is 3. The van der Waals surface area contributed by atoms with Crippen molar-refractivity contribution >= 4 is 12.2 Å². The number of carbonyl (C=O) groups is 1. The van der Waals surface area contributed by atoms with E-state index in [2.05, 4.69) is 10.1 Å². The van der Waals surface area contributed by atoms with E-state index in [-0.39, 0.29) is 17.7 Å². The summed E-state index contributed by atoms with van der Waals surface area (Å²) in [6.07, 6.45) is 2.27. The highest BCUT2D eigenvalue weighted by Gasteiger charge is 2.36. The summed E-state index contributed by atoms with van der Waals surface area (Å²) in [6, 6.07) is 6.94. The molecular formula is C19H18F2N4O3. The second kappa shape index (κ2) is 7.41. The number of ether oxygens (including phenoxy) is 1. The molecule has 1 N–H and O–H groups in total. The fraction of sp³-hybridized carbons (Fsp3) is 0.316. The molecular weight excluding hydrogens is 370 g/mol. The number of hydrogen-bond donors (Lipinski definition) is 1. The van der Waals surface area contributed by atoms with Crippen LogP contribution < -0.4 is 10.3 Å². The molecule has 0 radical (unpaired) electrons. The lowest BCUT2D eigenvalue weighted by Crippen LogP contribution is -2.40. The average Bonchev–Trinajstić information content (AvgIpc) is 3.30. The van der Waals surface area contributed by atoms with Crippen LogP contribution in [0.4, 0.5) is 13.6 Å². The van der Waals surface area contributed by atoms with Crippen molar-refractivity contribution in [2.45, 2.75) is 25.0 Å². The molecule has 2 aliphatic heterocycles. The molecule has 1 saturated heterocycles. The van der Waals surface area contributed by atoms with Crippen molar-refractivity contribution in [1.82, 2.24) is 14.9 Å². The number of aromatic nitrogens is 1. The molecule has 3 heterocycles. The summed E-state index contributed by atoms with van der Waals surface area (Å²) in [5.74, 6) is -1.04. The topological polar surface area (TPSA) is 78.0 Å². The third-order valence-electron chi connectivity index (χ3n) is 4.75. The number of likely N-dealkylation sites (tertiary alicyclic amines) is 1. The van der Waals surface area contributed by atoms with Crippen LogP contribution in [0.25, 0.3) is 0 Å². The summed E-state index contributed by atoms with van der Waals surface area (Å²) in [4.78, 5) is 28.4. The van der Waals surface area contributed by atoms with E-state index in [4.69, 9.17) is 4.74 Å². The van der Waals surface area contributed by atoms with Crippen LogP contribution in [0.15, 0.2) is 46.3 Å². The second-order valence-corrected chi connectivity index (χ2v) is 6.73. The third kappa shape index (κ3) is 3.73.